The minimum absolute atomic E-state index is 0.0927. The standard InChI is InChI=1S/C33H46N2O4/c1-5-8-15-29-31(30-27(33(37)34-24-38-4)14-11-16-28(30)39-29)32(36)26-19-17-25(18-20-26)13-12-23-35(21-9-6-2)22-10-7-3/h11,14,16-20H,5-10,12-13,15,21-24H2,1-4H3,(H,34,37). The molecule has 2 aromatic carbocycles. The minimum atomic E-state index is -0.290. The number of hydrogen-bond donors (Lipinski definition) is 1. The van der Waals surface area contributed by atoms with Crippen molar-refractivity contribution in [3.8, 4) is 0 Å². The molecule has 0 bridgehead atoms. The zero-order chi connectivity index (χ0) is 28.0. The molecule has 1 heterocycles. The fourth-order valence-electron chi connectivity index (χ4n) is 4.95. The van der Waals surface area contributed by atoms with E-state index in [4.69, 9.17) is 9.15 Å². The average Bonchev–Trinajstić information content (AvgIpc) is 3.34. The molecular formula is C33H46N2O4. The molecule has 3 aromatic rings. The number of ketones is 1. The van der Waals surface area contributed by atoms with Gasteiger partial charge in [0, 0.05) is 24.5 Å². The first-order valence-corrected chi connectivity index (χ1v) is 14.7. The summed E-state index contributed by atoms with van der Waals surface area (Å²) >= 11 is 0. The Labute approximate surface area is 234 Å². The molecule has 0 saturated carbocycles. The molecule has 212 valence electrons. The summed E-state index contributed by atoms with van der Waals surface area (Å²) in [4.78, 5) is 29.4. The summed E-state index contributed by atoms with van der Waals surface area (Å²) in [5, 5.41) is 3.31. The maximum absolute atomic E-state index is 13.9. The molecule has 0 atom stereocenters. The molecule has 0 unspecified atom stereocenters. The van der Waals surface area contributed by atoms with Gasteiger partial charge >= 0.3 is 0 Å². The number of nitrogens with one attached hydrogen (secondary N) is 1. The zero-order valence-electron chi connectivity index (χ0n) is 24.3. The molecule has 0 aliphatic heterocycles. The number of methoxy groups -OCH3 is 1. The maximum Gasteiger partial charge on any atom is 0.253 e. The molecular weight excluding hydrogens is 488 g/mol. The van der Waals surface area contributed by atoms with Crippen LogP contribution in [0.2, 0.25) is 0 Å². The maximum atomic E-state index is 13.9. The molecule has 3 rings (SSSR count). The van der Waals surface area contributed by atoms with E-state index in [0.29, 0.717) is 39.8 Å². The number of hydrogen-bond acceptors (Lipinski definition) is 5. The van der Waals surface area contributed by atoms with Gasteiger partial charge in [-0.25, -0.2) is 0 Å². The largest absolute Gasteiger partial charge is 0.460 e. The van der Waals surface area contributed by atoms with Gasteiger partial charge in [-0.1, -0.05) is 70.4 Å². The van der Waals surface area contributed by atoms with E-state index >= 15 is 0 Å². The molecule has 0 aliphatic carbocycles. The van der Waals surface area contributed by atoms with Crippen molar-refractivity contribution in [2.75, 3.05) is 33.5 Å². The highest BCUT2D eigenvalue weighted by molar-refractivity contribution is 6.21. The van der Waals surface area contributed by atoms with Gasteiger partial charge < -0.3 is 19.4 Å². The smallest absolute Gasteiger partial charge is 0.253 e. The molecule has 39 heavy (non-hydrogen) atoms. The summed E-state index contributed by atoms with van der Waals surface area (Å²) in [5.74, 6) is 0.248. The third-order valence-electron chi connectivity index (χ3n) is 7.21. The van der Waals surface area contributed by atoms with Crippen molar-refractivity contribution in [2.24, 2.45) is 0 Å². The number of amides is 1. The lowest BCUT2D eigenvalue weighted by Gasteiger charge is -2.21. The molecule has 0 spiro atoms. The predicted molar refractivity (Wildman–Crippen MR) is 159 cm³/mol. The van der Waals surface area contributed by atoms with Crippen LogP contribution in [0.4, 0.5) is 0 Å². The molecule has 0 radical (unpaired) electrons. The Balaban J connectivity index is 1.80. The summed E-state index contributed by atoms with van der Waals surface area (Å²) < 4.78 is 11.2. The number of carbonyl (C=O) groups excluding carboxylic acids is 2. The fraction of sp³-hybridized carbons (Fsp3) is 0.515. The second-order valence-corrected chi connectivity index (χ2v) is 10.3. The number of benzene rings is 2. The number of carbonyl (C=O) groups is 2. The number of unbranched alkanes of at least 4 members (excludes halogenated alkanes) is 3. The van der Waals surface area contributed by atoms with E-state index in [1.54, 1.807) is 12.1 Å². The van der Waals surface area contributed by atoms with Gasteiger partial charge in [0.1, 0.15) is 18.1 Å². The second-order valence-electron chi connectivity index (χ2n) is 10.3. The number of aryl methyl sites for hydroxylation is 2. The Kier molecular flexibility index (Phi) is 12.7. The molecule has 0 fully saturated rings. The zero-order valence-corrected chi connectivity index (χ0v) is 24.3. The molecule has 6 nitrogen and oxygen atoms in total. The predicted octanol–water partition coefficient (Wildman–Crippen LogP) is 7.17. The van der Waals surface area contributed by atoms with Crippen LogP contribution in [-0.4, -0.2) is 50.1 Å². The van der Waals surface area contributed by atoms with E-state index in [1.165, 1.54) is 51.4 Å². The highest BCUT2D eigenvalue weighted by atomic mass is 16.5. The van der Waals surface area contributed by atoms with Crippen LogP contribution in [0.1, 0.15) is 103 Å². The van der Waals surface area contributed by atoms with Crippen LogP contribution in [0.25, 0.3) is 11.0 Å². The highest BCUT2D eigenvalue weighted by Crippen LogP contribution is 2.32. The normalized spacial score (nSPS) is 11.4. The fourth-order valence-corrected chi connectivity index (χ4v) is 4.95. The average molecular weight is 535 g/mol. The van der Waals surface area contributed by atoms with E-state index in [0.717, 1.165) is 32.2 Å². The van der Waals surface area contributed by atoms with Crippen LogP contribution in [0.3, 0.4) is 0 Å². The lowest BCUT2D eigenvalue weighted by atomic mass is 9.94. The first-order chi connectivity index (χ1) is 19.0. The van der Waals surface area contributed by atoms with E-state index in [1.807, 2.05) is 18.2 Å². The third kappa shape index (κ3) is 8.51. The Hall–Kier alpha value is -2.96. The van der Waals surface area contributed by atoms with Crippen LogP contribution < -0.4 is 5.32 Å². The van der Waals surface area contributed by atoms with Crippen molar-refractivity contribution in [3.05, 3.63) is 70.5 Å². The van der Waals surface area contributed by atoms with Crippen molar-refractivity contribution in [3.63, 3.8) is 0 Å². The van der Waals surface area contributed by atoms with Gasteiger partial charge in [0.05, 0.1) is 11.1 Å². The quantitative estimate of drug-likeness (QED) is 0.138. The molecule has 1 N–H and O–H groups in total. The summed E-state index contributed by atoms with van der Waals surface area (Å²) in [6.07, 6.45) is 9.58. The van der Waals surface area contributed by atoms with Crippen LogP contribution in [0, 0.1) is 0 Å². The SMILES string of the molecule is CCCCc1oc2cccc(C(=O)NCOC)c2c1C(=O)c1ccc(CCCN(CCCC)CCCC)cc1. The first-order valence-electron chi connectivity index (χ1n) is 14.7. The monoisotopic (exact) mass is 534 g/mol. The number of fused-ring (bicyclic) bond motifs is 1. The molecule has 0 aliphatic rings. The Bertz CT molecular complexity index is 1170. The summed E-state index contributed by atoms with van der Waals surface area (Å²) in [6.45, 7) is 10.2. The van der Waals surface area contributed by atoms with Gasteiger partial charge in [-0.2, -0.15) is 0 Å². The van der Waals surface area contributed by atoms with Crippen molar-refractivity contribution < 1.29 is 18.7 Å². The number of nitrogens with zero attached hydrogens (tertiary/aromatic N) is 1. The van der Waals surface area contributed by atoms with E-state index in [-0.39, 0.29) is 18.4 Å². The topological polar surface area (TPSA) is 71.8 Å². The summed E-state index contributed by atoms with van der Waals surface area (Å²) in [7, 11) is 1.52. The lowest BCUT2D eigenvalue weighted by molar-refractivity contribution is 0.0874. The number of furan rings is 1. The van der Waals surface area contributed by atoms with Gasteiger partial charge in [0.25, 0.3) is 5.91 Å². The second kappa shape index (κ2) is 16.2. The van der Waals surface area contributed by atoms with E-state index < -0.39 is 0 Å². The van der Waals surface area contributed by atoms with Crippen LogP contribution >= 0.6 is 0 Å². The Morgan fingerprint density at radius 3 is 2.15 bits per heavy atom. The lowest BCUT2D eigenvalue weighted by Crippen LogP contribution is -2.27. The third-order valence-corrected chi connectivity index (χ3v) is 7.21. The van der Waals surface area contributed by atoms with Crippen molar-refractivity contribution in [1.29, 1.82) is 0 Å². The highest BCUT2D eigenvalue weighted by Gasteiger charge is 2.26. The first kappa shape index (κ1) is 30.6. The Morgan fingerprint density at radius 1 is 0.846 bits per heavy atom. The Morgan fingerprint density at radius 2 is 1.51 bits per heavy atom. The number of ether oxygens (including phenoxy) is 1. The van der Waals surface area contributed by atoms with Gasteiger partial charge in [0.2, 0.25) is 0 Å². The van der Waals surface area contributed by atoms with Gasteiger partial charge in [-0.05, 0) is 69.4 Å². The molecule has 1 aromatic heterocycles. The minimum Gasteiger partial charge on any atom is -0.460 e. The van der Waals surface area contributed by atoms with Crippen LogP contribution in [-0.2, 0) is 17.6 Å². The summed E-state index contributed by atoms with van der Waals surface area (Å²) in [6, 6.07) is 13.3. The van der Waals surface area contributed by atoms with E-state index in [9.17, 15) is 9.59 Å². The van der Waals surface area contributed by atoms with Crippen molar-refractivity contribution in [2.45, 2.75) is 78.6 Å². The van der Waals surface area contributed by atoms with E-state index in [2.05, 4.69) is 43.1 Å². The van der Waals surface area contributed by atoms with Gasteiger partial charge in [-0.3, -0.25) is 9.59 Å². The molecule has 6 heteroatoms. The van der Waals surface area contributed by atoms with Crippen LogP contribution in [0.15, 0.2) is 46.9 Å². The van der Waals surface area contributed by atoms with Crippen molar-refractivity contribution >= 4 is 22.7 Å². The number of rotatable bonds is 18. The molecule has 1 amide bonds. The summed E-state index contributed by atoms with van der Waals surface area (Å²) in [5.41, 5.74) is 3.32. The van der Waals surface area contributed by atoms with Gasteiger partial charge in [-0.15, -0.1) is 0 Å². The van der Waals surface area contributed by atoms with Crippen LogP contribution in [0.5, 0.6) is 0 Å². The van der Waals surface area contributed by atoms with Crippen molar-refractivity contribution in [1.82, 2.24) is 10.2 Å². The van der Waals surface area contributed by atoms with Gasteiger partial charge in [0.15, 0.2) is 5.78 Å². The molecule has 0 saturated heterocycles.